The largest absolute Gasteiger partial charge is 0.314 e. The molecular weight excluding hydrogens is 428 g/mol. The average Bonchev–Trinajstić information content (AvgIpc) is 3.07. The van der Waals surface area contributed by atoms with Gasteiger partial charge in [0.2, 0.25) is 0 Å². The van der Waals surface area contributed by atoms with Crippen LogP contribution in [0.15, 0.2) is 34.6 Å². The Hall–Kier alpha value is -0.580. The Morgan fingerprint density at radius 3 is 2.15 bits per heavy atom. The van der Waals surface area contributed by atoms with Gasteiger partial charge in [-0.05, 0) is 43.4 Å². The molecule has 5 heteroatoms. The Morgan fingerprint density at radius 1 is 0.885 bits per heavy atom. The Bertz CT molecular complexity index is 753. The van der Waals surface area contributed by atoms with Crippen molar-refractivity contribution in [2.45, 2.75) is 76.3 Å². The molecule has 2 saturated carbocycles. The number of benzene rings is 1. The van der Waals surface area contributed by atoms with Gasteiger partial charge in [-0.25, -0.2) is 0 Å². The summed E-state index contributed by atoms with van der Waals surface area (Å²) in [6.07, 6.45) is 13.2. The molecule has 2 nitrogen and oxygen atoms in total. The zero-order chi connectivity index (χ0) is 17.1. The minimum Gasteiger partial charge on any atom is -0.314 e. The number of rotatable bonds is 3. The van der Waals surface area contributed by atoms with Crippen LogP contribution in [0.25, 0.3) is 11.3 Å². The number of hydrogen-bond donors (Lipinski definition) is 0. The van der Waals surface area contributed by atoms with E-state index in [0.717, 1.165) is 5.02 Å². The van der Waals surface area contributed by atoms with Gasteiger partial charge in [0.15, 0.2) is 4.80 Å². The molecular formula is C21H28BrClN2S. The smallest absolute Gasteiger partial charge is 0.185 e. The van der Waals surface area contributed by atoms with Crippen molar-refractivity contribution in [2.75, 3.05) is 0 Å². The van der Waals surface area contributed by atoms with E-state index in [0.29, 0.717) is 12.1 Å². The van der Waals surface area contributed by atoms with E-state index in [4.69, 9.17) is 16.6 Å². The highest BCUT2D eigenvalue weighted by atomic mass is 79.9. The molecule has 2 aromatic rings. The monoisotopic (exact) mass is 454 g/mol. The minimum atomic E-state index is 0. The first-order chi connectivity index (χ1) is 12.3. The SMILES string of the molecule is Br.Clc1ccc(-c2csc(=NC3CCCCC3)n2C2CCCCC2)cc1. The molecule has 0 unspecified atom stereocenters. The fraction of sp³-hybridized carbons (Fsp3) is 0.571. The third kappa shape index (κ3) is 4.63. The van der Waals surface area contributed by atoms with Gasteiger partial charge in [-0.2, -0.15) is 0 Å². The first-order valence-electron chi connectivity index (χ1n) is 9.81. The van der Waals surface area contributed by atoms with Crippen molar-refractivity contribution in [3.8, 4) is 11.3 Å². The number of nitrogens with zero attached hydrogens (tertiary/aromatic N) is 2. The summed E-state index contributed by atoms with van der Waals surface area (Å²) >= 11 is 7.92. The van der Waals surface area contributed by atoms with Crippen LogP contribution in [0.2, 0.25) is 5.02 Å². The van der Waals surface area contributed by atoms with Crippen LogP contribution < -0.4 is 4.80 Å². The van der Waals surface area contributed by atoms with Crippen molar-refractivity contribution in [1.29, 1.82) is 0 Å². The molecule has 0 aliphatic heterocycles. The van der Waals surface area contributed by atoms with Crippen LogP contribution in [-0.4, -0.2) is 10.6 Å². The summed E-state index contributed by atoms with van der Waals surface area (Å²) in [7, 11) is 0. The molecule has 1 aromatic heterocycles. The van der Waals surface area contributed by atoms with Gasteiger partial charge in [0.05, 0.1) is 11.7 Å². The van der Waals surface area contributed by atoms with Crippen molar-refractivity contribution in [1.82, 2.24) is 4.57 Å². The van der Waals surface area contributed by atoms with Gasteiger partial charge in [0.1, 0.15) is 0 Å². The third-order valence-electron chi connectivity index (χ3n) is 5.69. The van der Waals surface area contributed by atoms with E-state index in [2.05, 4.69) is 22.1 Å². The minimum absolute atomic E-state index is 0. The first-order valence-corrected chi connectivity index (χ1v) is 11.1. The maximum absolute atomic E-state index is 6.10. The summed E-state index contributed by atoms with van der Waals surface area (Å²) < 4.78 is 2.56. The molecule has 0 amide bonds. The molecule has 0 N–H and O–H groups in total. The summed E-state index contributed by atoms with van der Waals surface area (Å²) in [5, 5.41) is 3.11. The third-order valence-corrected chi connectivity index (χ3v) is 6.80. The summed E-state index contributed by atoms with van der Waals surface area (Å²) in [4.78, 5) is 6.45. The molecule has 2 aliphatic rings. The zero-order valence-corrected chi connectivity index (χ0v) is 18.5. The van der Waals surface area contributed by atoms with Crippen molar-refractivity contribution < 1.29 is 0 Å². The van der Waals surface area contributed by atoms with Crippen LogP contribution in [0.1, 0.15) is 70.3 Å². The van der Waals surface area contributed by atoms with Gasteiger partial charge in [0, 0.05) is 16.4 Å². The molecule has 142 valence electrons. The average molecular weight is 456 g/mol. The van der Waals surface area contributed by atoms with Gasteiger partial charge in [-0.1, -0.05) is 62.3 Å². The van der Waals surface area contributed by atoms with E-state index in [-0.39, 0.29) is 17.0 Å². The number of halogens is 2. The van der Waals surface area contributed by atoms with E-state index in [1.165, 1.54) is 80.3 Å². The van der Waals surface area contributed by atoms with E-state index < -0.39 is 0 Å². The second-order valence-electron chi connectivity index (χ2n) is 7.49. The van der Waals surface area contributed by atoms with Gasteiger partial charge < -0.3 is 4.57 Å². The molecule has 1 heterocycles. The molecule has 1 aromatic carbocycles. The summed E-state index contributed by atoms with van der Waals surface area (Å²) in [6.45, 7) is 0. The van der Waals surface area contributed by atoms with E-state index >= 15 is 0 Å². The predicted octanol–water partition coefficient (Wildman–Crippen LogP) is 7.19. The lowest BCUT2D eigenvalue weighted by atomic mass is 9.94. The molecule has 0 atom stereocenters. The lowest BCUT2D eigenvalue weighted by Crippen LogP contribution is -2.26. The van der Waals surface area contributed by atoms with Gasteiger partial charge in [0.25, 0.3) is 0 Å². The Kier molecular flexibility index (Phi) is 7.42. The molecule has 0 saturated heterocycles. The number of aromatic nitrogens is 1. The second-order valence-corrected chi connectivity index (χ2v) is 8.77. The van der Waals surface area contributed by atoms with E-state index in [1.807, 2.05) is 23.5 Å². The maximum atomic E-state index is 6.10. The molecule has 2 aliphatic carbocycles. The Labute approximate surface area is 176 Å². The highest BCUT2D eigenvalue weighted by Gasteiger charge is 2.21. The van der Waals surface area contributed by atoms with Crippen molar-refractivity contribution in [2.24, 2.45) is 4.99 Å². The van der Waals surface area contributed by atoms with Crippen LogP contribution >= 0.6 is 39.9 Å². The van der Waals surface area contributed by atoms with Crippen LogP contribution in [0.5, 0.6) is 0 Å². The van der Waals surface area contributed by atoms with Crippen LogP contribution in [0.4, 0.5) is 0 Å². The van der Waals surface area contributed by atoms with Crippen LogP contribution in [0, 0.1) is 0 Å². The van der Waals surface area contributed by atoms with E-state index in [9.17, 15) is 0 Å². The van der Waals surface area contributed by atoms with Gasteiger partial charge in [-0.3, -0.25) is 4.99 Å². The Morgan fingerprint density at radius 2 is 1.50 bits per heavy atom. The highest BCUT2D eigenvalue weighted by Crippen LogP contribution is 2.33. The quantitative estimate of drug-likeness (QED) is 0.466. The maximum Gasteiger partial charge on any atom is 0.185 e. The van der Waals surface area contributed by atoms with Gasteiger partial charge in [-0.15, -0.1) is 28.3 Å². The molecule has 4 rings (SSSR count). The Balaban J connectivity index is 0.00000196. The number of thiazole rings is 1. The second kappa shape index (κ2) is 9.57. The summed E-state index contributed by atoms with van der Waals surface area (Å²) in [5.41, 5.74) is 2.58. The standard InChI is InChI=1S/C21H27ClN2S.BrH/c22-17-13-11-16(12-14-17)20-15-25-21(23-18-7-3-1-4-8-18)24(20)19-9-5-2-6-10-19;/h11-15,18-19H,1-10H2;1H. The molecule has 26 heavy (non-hydrogen) atoms. The lowest BCUT2D eigenvalue weighted by Gasteiger charge is -2.26. The normalized spacial score (nSPS) is 20.1. The van der Waals surface area contributed by atoms with Crippen molar-refractivity contribution in [3.05, 3.63) is 39.5 Å². The highest BCUT2D eigenvalue weighted by molar-refractivity contribution is 8.93. The van der Waals surface area contributed by atoms with E-state index in [1.54, 1.807) is 0 Å². The van der Waals surface area contributed by atoms with Crippen LogP contribution in [-0.2, 0) is 0 Å². The van der Waals surface area contributed by atoms with Crippen molar-refractivity contribution >= 4 is 39.9 Å². The van der Waals surface area contributed by atoms with Crippen LogP contribution in [0.3, 0.4) is 0 Å². The predicted molar refractivity (Wildman–Crippen MR) is 118 cm³/mol. The lowest BCUT2D eigenvalue weighted by molar-refractivity contribution is 0.346. The first kappa shape index (κ1) is 20.2. The molecule has 0 spiro atoms. The zero-order valence-electron chi connectivity index (χ0n) is 15.2. The van der Waals surface area contributed by atoms with Gasteiger partial charge >= 0.3 is 0 Å². The summed E-state index contributed by atoms with van der Waals surface area (Å²) in [6, 6.07) is 9.42. The fourth-order valence-corrected chi connectivity index (χ4v) is 5.47. The van der Waals surface area contributed by atoms with Crippen molar-refractivity contribution in [3.63, 3.8) is 0 Å². The fourth-order valence-electron chi connectivity index (χ4n) is 4.30. The molecule has 2 fully saturated rings. The summed E-state index contributed by atoms with van der Waals surface area (Å²) in [5.74, 6) is 0. The molecule has 0 bridgehead atoms. The number of hydrogen-bond acceptors (Lipinski definition) is 2. The topological polar surface area (TPSA) is 17.3 Å². The molecule has 0 radical (unpaired) electrons.